The molecular formula is C20H38N6O. The summed E-state index contributed by atoms with van der Waals surface area (Å²) in [5, 5.41) is 20.9. The van der Waals surface area contributed by atoms with Crippen molar-refractivity contribution in [1.82, 2.24) is 25.4 Å². The van der Waals surface area contributed by atoms with E-state index in [4.69, 9.17) is 4.99 Å². The predicted molar refractivity (Wildman–Crippen MR) is 110 cm³/mol. The van der Waals surface area contributed by atoms with Crippen LogP contribution in [0.4, 0.5) is 0 Å². The van der Waals surface area contributed by atoms with E-state index in [2.05, 4.69) is 55.3 Å². The van der Waals surface area contributed by atoms with E-state index in [-0.39, 0.29) is 6.61 Å². The first-order chi connectivity index (χ1) is 12.9. The zero-order valence-corrected chi connectivity index (χ0v) is 17.7. The van der Waals surface area contributed by atoms with Crippen LogP contribution in [-0.4, -0.2) is 51.6 Å². The second-order valence-electron chi connectivity index (χ2n) is 8.33. The molecule has 0 fully saturated rings. The van der Waals surface area contributed by atoms with Gasteiger partial charge < -0.3 is 15.7 Å². The molecule has 0 radical (unpaired) electrons. The van der Waals surface area contributed by atoms with E-state index >= 15 is 0 Å². The number of nitrogens with one attached hydrogen (secondary N) is 2. The average molecular weight is 379 g/mol. The fourth-order valence-electron chi connectivity index (χ4n) is 3.56. The summed E-state index contributed by atoms with van der Waals surface area (Å²) in [6, 6.07) is 0.304. The molecule has 2 rings (SSSR count). The van der Waals surface area contributed by atoms with E-state index in [0.717, 1.165) is 62.9 Å². The van der Waals surface area contributed by atoms with Gasteiger partial charge in [0.05, 0.1) is 6.54 Å². The molecule has 2 atom stereocenters. The van der Waals surface area contributed by atoms with Gasteiger partial charge in [-0.2, -0.15) is 5.10 Å². The van der Waals surface area contributed by atoms with Crippen molar-refractivity contribution in [2.24, 2.45) is 16.8 Å². The van der Waals surface area contributed by atoms with Crippen molar-refractivity contribution in [1.29, 1.82) is 0 Å². The number of aryl methyl sites for hydroxylation is 1. The molecule has 0 aliphatic carbocycles. The van der Waals surface area contributed by atoms with Gasteiger partial charge in [-0.25, -0.2) is 9.67 Å². The predicted octanol–water partition coefficient (Wildman–Crippen LogP) is 2.32. The summed E-state index contributed by atoms with van der Waals surface area (Å²) in [7, 11) is 0. The van der Waals surface area contributed by atoms with Gasteiger partial charge in [-0.15, -0.1) is 0 Å². The van der Waals surface area contributed by atoms with Gasteiger partial charge in [-0.3, -0.25) is 4.99 Å². The van der Waals surface area contributed by atoms with Crippen LogP contribution >= 0.6 is 0 Å². The van der Waals surface area contributed by atoms with Gasteiger partial charge in [0.15, 0.2) is 11.8 Å². The number of aliphatic imine (C=N–C) groups is 1. The van der Waals surface area contributed by atoms with Crippen molar-refractivity contribution in [3.63, 3.8) is 0 Å². The number of aromatic nitrogens is 3. The molecule has 0 bridgehead atoms. The van der Waals surface area contributed by atoms with Crippen LogP contribution in [0.15, 0.2) is 4.99 Å². The molecule has 2 unspecified atom stereocenters. The quantitative estimate of drug-likeness (QED) is 0.453. The summed E-state index contributed by atoms with van der Waals surface area (Å²) in [6.07, 6.45) is 3.88. The molecule has 1 aromatic heterocycles. The van der Waals surface area contributed by atoms with Crippen LogP contribution in [0.5, 0.6) is 0 Å². The lowest BCUT2D eigenvalue weighted by Crippen LogP contribution is -2.47. The molecule has 2 heterocycles. The van der Waals surface area contributed by atoms with Gasteiger partial charge >= 0.3 is 0 Å². The molecular weight excluding hydrogens is 340 g/mol. The maximum atomic E-state index is 9.32. The van der Waals surface area contributed by atoms with E-state index < -0.39 is 0 Å². The molecule has 0 saturated carbocycles. The fourth-order valence-corrected chi connectivity index (χ4v) is 3.56. The topological polar surface area (TPSA) is 87.4 Å². The number of hydrogen-bond acceptors (Lipinski definition) is 4. The SMILES string of the molecule is CCNC(=NCC(CCO)CC(C)C)NC1CCc2nc(C(C)C)nn2C1. The number of hydrogen-bond donors (Lipinski definition) is 3. The molecule has 7 heteroatoms. The second-order valence-corrected chi connectivity index (χ2v) is 8.33. The van der Waals surface area contributed by atoms with Crippen molar-refractivity contribution in [2.45, 2.75) is 78.8 Å². The lowest BCUT2D eigenvalue weighted by atomic mass is 9.94. The first kappa shape index (κ1) is 21.7. The molecule has 1 aliphatic heterocycles. The van der Waals surface area contributed by atoms with E-state index in [1.54, 1.807) is 0 Å². The Morgan fingerprint density at radius 1 is 1.33 bits per heavy atom. The van der Waals surface area contributed by atoms with E-state index in [9.17, 15) is 5.11 Å². The van der Waals surface area contributed by atoms with Gasteiger partial charge in [0.25, 0.3) is 0 Å². The lowest BCUT2D eigenvalue weighted by Gasteiger charge is -2.26. The monoisotopic (exact) mass is 378 g/mol. The first-order valence-corrected chi connectivity index (χ1v) is 10.5. The van der Waals surface area contributed by atoms with E-state index in [1.165, 1.54) is 0 Å². The highest BCUT2D eigenvalue weighted by atomic mass is 16.3. The van der Waals surface area contributed by atoms with Crippen molar-refractivity contribution in [2.75, 3.05) is 19.7 Å². The minimum Gasteiger partial charge on any atom is -0.396 e. The van der Waals surface area contributed by atoms with Gasteiger partial charge in [0.2, 0.25) is 0 Å². The van der Waals surface area contributed by atoms with Gasteiger partial charge in [0, 0.05) is 38.1 Å². The van der Waals surface area contributed by atoms with Crippen LogP contribution < -0.4 is 10.6 Å². The Hall–Kier alpha value is -1.63. The molecule has 0 spiro atoms. The summed E-state index contributed by atoms with van der Waals surface area (Å²) in [5.41, 5.74) is 0. The smallest absolute Gasteiger partial charge is 0.191 e. The number of aliphatic hydroxyl groups excluding tert-OH is 1. The summed E-state index contributed by atoms with van der Waals surface area (Å²) >= 11 is 0. The summed E-state index contributed by atoms with van der Waals surface area (Å²) < 4.78 is 2.05. The number of aliphatic hydroxyl groups is 1. The molecule has 0 saturated heterocycles. The largest absolute Gasteiger partial charge is 0.396 e. The van der Waals surface area contributed by atoms with Gasteiger partial charge in [-0.1, -0.05) is 27.7 Å². The molecule has 0 aromatic carbocycles. The first-order valence-electron chi connectivity index (χ1n) is 10.5. The van der Waals surface area contributed by atoms with Crippen LogP contribution in [-0.2, 0) is 13.0 Å². The Morgan fingerprint density at radius 3 is 2.74 bits per heavy atom. The van der Waals surface area contributed by atoms with Gasteiger partial charge in [0.1, 0.15) is 5.82 Å². The number of rotatable bonds is 9. The van der Waals surface area contributed by atoms with Gasteiger partial charge in [-0.05, 0) is 38.0 Å². The maximum Gasteiger partial charge on any atom is 0.191 e. The molecule has 1 aliphatic rings. The second kappa shape index (κ2) is 10.6. The number of fused-ring (bicyclic) bond motifs is 1. The summed E-state index contributed by atoms with van der Waals surface area (Å²) in [5.74, 6) is 4.30. The van der Waals surface area contributed by atoms with Crippen LogP contribution in [0.25, 0.3) is 0 Å². The average Bonchev–Trinajstić information content (AvgIpc) is 3.03. The molecule has 154 valence electrons. The maximum absolute atomic E-state index is 9.32. The summed E-state index contributed by atoms with van der Waals surface area (Å²) in [4.78, 5) is 9.47. The zero-order valence-electron chi connectivity index (χ0n) is 17.7. The third kappa shape index (κ3) is 6.79. The fraction of sp³-hybridized carbons (Fsp3) is 0.850. The van der Waals surface area contributed by atoms with Crippen LogP contribution in [0.3, 0.4) is 0 Å². The van der Waals surface area contributed by atoms with Crippen LogP contribution in [0.1, 0.15) is 71.4 Å². The Morgan fingerprint density at radius 2 is 2.11 bits per heavy atom. The third-order valence-electron chi connectivity index (χ3n) is 4.93. The van der Waals surface area contributed by atoms with Crippen molar-refractivity contribution < 1.29 is 5.11 Å². The van der Waals surface area contributed by atoms with Crippen LogP contribution in [0, 0.1) is 11.8 Å². The molecule has 0 amide bonds. The Kier molecular flexibility index (Phi) is 8.54. The van der Waals surface area contributed by atoms with Crippen molar-refractivity contribution in [3.8, 4) is 0 Å². The molecule has 27 heavy (non-hydrogen) atoms. The zero-order chi connectivity index (χ0) is 19.8. The lowest BCUT2D eigenvalue weighted by molar-refractivity contribution is 0.245. The Balaban J connectivity index is 1.98. The Bertz CT molecular complexity index is 595. The highest BCUT2D eigenvalue weighted by Crippen LogP contribution is 2.18. The van der Waals surface area contributed by atoms with Crippen molar-refractivity contribution in [3.05, 3.63) is 11.6 Å². The molecule has 3 N–H and O–H groups in total. The third-order valence-corrected chi connectivity index (χ3v) is 4.93. The standard InChI is InChI=1S/C20H38N6O/c1-6-21-20(22-12-16(9-10-27)11-14(2)3)23-17-7-8-18-24-19(15(4)5)25-26(18)13-17/h14-17,27H,6-13H2,1-5H3,(H2,21,22,23). The summed E-state index contributed by atoms with van der Waals surface area (Å²) in [6.45, 7) is 13.4. The Labute approximate surface area is 164 Å². The van der Waals surface area contributed by atoms with E-state index in [0.29, 0.717) is 23.8 Å². The van der Waals surface area contributed by atoms with Crippen LogP contribution in [0.2, 0.25) is 0 Å². The minimum absolute atomic E-state index is 0.229. The highest BCUT2D eigenvalue weighted by molar-refractivity contribution is 5.80. The molecule has 7 nitrogen and oxygen atoms in total. The van der Waals surface area contributed by atoms with E-state index in [1.807, 2.05) is 4.68 Å². The normalized spacial score (nSPS) is 18.7. The van der Waals surface area contributed by atoms with Crippen molar-refractivity contribution >= 4 is 5.96 Å². The highest BCUT2D eigenvalue weighted by Gasteiger charge is 2.23. The number of nitrogens with zero attached hydrogens (tertiary/aromatic N) is 4. The molecule has 1 aromatic rings. The number of guanidine groups is 1. The minimum atomic E-state index is 0.229.